The monoisotopic (exact) mass is 291 g/mol. The van der Waals surface area contributed by atoms with Crippen LogP contribution in [0.1, 0.15) is 51.1 Å². The van der Waals surface area contributed by atoms with Crippen LogP contribution in [-0.2, 0) is 0 Å². The Kier molecular flexibility index (Phi) is 5.92. The molecule has 0 radical (unpaired) electrons. The first-order chi connectivity index (χ1) is 10.2. The van der Waals surface area contributed by atoms with Gasteiger partial charge in [0, 0.05) is 17.7 Å². The van der Waals surface area contributed by atoms with Crippen molar-refractivity contribution in [2.75, 3.05) is 20.8 Å². The first kappa shape index (κ1) is 16.2. The number of rotatable bonds is 7. The summed E-state index contributed by atoms with van der Waals surface area (Å²) < 4.78 is 10.9. The maximum atomic E-state index is 5.61. The lowest BCUT2D eigenvalue weighted by Gasteiger charge is -2.27. The molecule has 1 aliphatic rings. The van der Waals surface area contributed by atoms with Crippen LogP contribution < -0.4 is 14.8 Å². The van der Waals surface area contributed by atoms with Crippen LogP contribution in [0.3, 0.4) is 0 Å². The van der Waals surface area contributed by atoms with E-state index in [1.807, 2.05) is 12.1 Å². The molecule has 1 saturated carbocycles. The van der Waals surface area contributed by atoms with E-state index in [9.17, 15) is 0 Å². The van der Waals surface area contributed by atoms with E-state index < -0.39 is 0 Å². The zero-order chi connectivity index (χ0) is 15.2. The van der Waals surface area contributed by atoms with Crippen molar-refractivity contribution in [2.45, 2.75) is 45.6 Å². The molecule has 0 heterocycles. The molecule has 3 atom stereocenters. The highest BCUT2D eigenvalue weighted by Gasteiger charge is 2.32. The Morgan fingerprint density at radius 3 is 2.57 bits per heavy atom. The molecule has 3 nitrogen and oxygen atoms in total. The minimum Gasteiger partial charge on any atom is -0.497 e. The molecule has 1 aromatic rings. The van der Waals surface area contributed by atoms with E-state index in [1.54, 1.807) is 14.2 Å². The van der Waals surface area contributed by atoms with E-state index in [0.29, 0.717) is 12.0 Å². The quantitative estimate of drug-likeness (QED) is 0.817. The van der Waals surface area contributed by atoms with Gasteiger partial charge in [-0.3, -0.25) is 0 Å². The lowest BCUT2D eigenvalue weighted by atomic mass is 9.89. The average Bonchev–Trinajstić information content (AvgIpc) is 3.00. The summed E-state index contributed by atoms with van der Waals surface area (Å²) in [5, 5.41) is 3.68. The van der Waals surface area contributed by atoms with E-state index in [2.05, 4.69) is 25.2 Å². The molecule has 0 spiro atoms. The predicted molar refractivity (Wildman–Crippen MR) is 87.1 cm³/mol. The van der Waals surface area contributed by atoms with E-state index >= 15 is 0 Å². The van der Waals surface area contributed by atoms with Crippen LogP contribution >= 0.6 is 0 Å². The second-order valence-corrected chi connectivity index (χ2v) is 5.99. The summed E-state index contributed by atoms with van der Waals surface area (Å²) in [6.45, 7) is 5.46. The number of ether oxygens (including phenoxy) is 2. The van der Waals surface area contributed by atoms with E-state index in [4.69, 9.17) is 9.47 Å². The Hall–Kier alpha value is -1.22. The molecular formula is C18H29NO2. The average molecular weight is 291 g/mol. The van der Waals surface area contributed by atoms with Gasteiger partial charge in [-0.15, -0.1) is 0 Å². The second-order valence-electron chi connectivity index (χ2n) is 5.99. The van der Waals surface area contributed by atoms with Gasteiger partial charge in [0.1, 0.15) is 11.5 Å². The van der Waals surface area contributed by atoms with Crippen LogP contribution in [0.25, 0.3) is 0 Å². The molecule has 21 heavy (non-hydrogen) atoms. The topological polar surface area (TPSA) is 30.5 Å². The molecule has 1 aliphatic carbocycles. The minimum absolute atomic E-state index is 0.382. The highest BCUT2D eigenvalue weighted by atomic mass is 16.5. The molecule has 118 valence electrons. The van der Waals surface area contributed by atoms with Gasteiger partial charge in [-0.2, -0.15) is 0 Å². The number of hydrogen-bond donors (Lipinski definition) is 1. The highest BCUT2D eigenvalue weighted by Crippen LogP contribution is 2.43. The highest BCUT2D eigenvalue weighted by molar-refractivity contribution is 5.43. The zero-order valence-electron chi connectivity index (χ0n) is 13.8. The Morgan fingerprint density at radius 2 is 2.00 bits per heavy atom. The van der Waals surface area contributed by atoms with E-state index in [-0.39, 0.29) is 0 Å². The van der Waals surface area contributed by atoms with E-state index in [1.165, 1.54) is 31.2 Å². The van der Waals surface area contributed by atoms with Crippen molar-refractivity contribution in [1.82, 2.24) is 5.32 Å². The van der Waals surface area contributed by atoms with Crippen molar-refractivity contribution < 1.29 is 9.47 Å². The Labute approximate surface area is 129 Å². The Bertz CT molecular complexity index is 447. The molecule has 1 N–H and O–H groups in total. The van der Waals surface area contributed by atoms with Crippen molar-refractivity contribution in [2.24, 2.45) is 11.8 Å². The molecule has 1 aromatic carbocycles. The molecule has 3 unspecified atom stereocenters. The molecule has 0 amide bonds. The predicted octanol–water partition coefficient (Wildman–Crippen LogP) is 4.18. The van der Waals surface area contributed by atoms with Crippen molar-refractivity contribution in [3.8, 4) is 11.5 Å². The van der Waals surface area contributed by atoms with Gasteiger partial charge in [0.2, 0.25) is 0 Å². The molecule has 0 saturated heterocycles. The molecule has 0 aliphatic heterocycles. The Balaban J connectivity index is 2.25. The molecular weight excluding hydrogens is 262 g/mol. The van der Waals surface area contributed by atoms with Gasteiger partial charge in [0.25, 0.3) is 0 Å². The molecule has 0 bridgehead atoms. The third kappa shape index (κ3) is 3.70. The molecule has 2 rings (SSSR count). The second kappa shape index (κ2) is 7.69. The van der Waals surface area contributed by atoms with Gasteiger partial charge in [-0.25, -0.2) is 0 Å². The van der Waals surface area contributed by atoms with Gasteiger partial charge >= 0.3 is 0 Å². The smallest absolute Gasteiger partial charge is 0.127 e. The summed E-state index contributed by atoms with van der Waals surface area (Å²) in [5.41, 5.74) is 1.27. The van der Waals surface area contributed by atoms with Gasteiger partial charge in [0.05, 0.1) is 14.2 Å². The van der Waals surface area contributed by atoms with Crippen LogP contribution in [-0.4, -0.2) is 20.8 Å². The largest absolute Gasteiger partial charge is 0.497 e. The lowest BCUT2D eigenvalue weighted by molar-refractivity contribution is 0.337. The molecule has 1 fully saturated rings. The summed E-state index contributed by atoms with van der Waals surface area (Å²) in [7, 11) is 3.43. The summed E-state index contributed by atoms with van der Waals surface area (Å²) in [6, 6.07) is 6.57. The molecule has 3 heteroatoms. The maximum Gasteiger partial charge on any atom is 0.127 e. The van der Waals surface area contributed by atoms with Crippen LogP contribution in [0.5, 0.6) is 11.5 Å². The van der Waals surface area contributed by atoms with E-state index in [0.717, 1.165) is 24.0 Å². The maximum absolute atomic E-state index is 5.61. The first-order valence-corrected chi connectivity index (χ1v) is 8.18. The van der Waals surface area contributed by atoms with Crippen LogP contribution in [0, 0.1) is 11.8 Å². The van der Waals surface area contributed by atoms with Gasteiger partial charge < -0.3 is 14.8 Å². The standard InChI is InChI=1S/C18H29NO2/c1-5-13-7-8-14(11-13)18(19-6-2)16-10-9-15(20-3)12-17(16)21-4/h9-10,12-14,18-19H,5-8,11H2,1-4H3. The normalized spacial score (nSPS) is 23.0. The fraction of sp³-hybridized carbons (Fsp3) is 0.667. The SMILES string of the molecule is CCNC(c1ccc(OC)cc1OC)C1CCC(CC)C1. The minimum atomic E-state index is 0.382. The Morgan fingerprint density at radius 1 is 1.19 bits per heavy atom. The number of nitrogens with one attached hydrogen (secondary N) is 1. The summed E-state index contributed by atoms with van der Waals surface area (Å²) >= 11 is 0. The first-order valence-electron chi connectivity index (χ1n) is 8.18. The van der Waals surface area contributed by atoms with Crippen LogP contribution in [0.4, 0.5) is 0 Å². The van der Waals surface area contributed by atoms with Crippen molar-refractivity contribution in [3.63, 3.8) is 0 Å². The van der Waals surface area contributed by atoms with Crippen molar-refractivity contribution in [3.05, 3.63) is 23.8 Å². The van der Waals surface area contributed by atoms with Crippen molar-refractivity contribution in [1.29, 1.82) is 0 Å². The molecule has 0 aromatic heterocycles. The summed E-state index contributed by atoms with van der Waals surface area (Å²) in [5.74, 6) is 3.38. The fourth-order valence-corrected chi connectivity index (χ4v) is 3.61. The van der Waals surface area contributed by atoms with Gasteiger partial charge in [-0.1, -0.05) is 32.8 Å². The number of hydrogen-bond acceptors (Lipinski definition) is 3. The number of benzene rings is 1. The summed E-state index contributed by atoms with van der Waals surface area (Å²) in [6.07, 6.45) is 5.30. The number of methoxy groups -OCH3 is 2. The third-order valence-electron chi connectivity index (χ3n) is 4.83. The van der Waals surface area contributed by atoms with Crippen LogP contribution in [0.15, 0.2) is 18.2 Å². The summed E-state index contributed by atoms with van der Waals surface area (Å²) in [4.78, 5) is 0. The third-order valence-corrected chi connectivity index (χ3v) is 4.83. The van der Waals surface area contributed by atoms with Gasteiger partial charge in [0.15, 0.2) is 0 Å². The van der Waals surface area contributed by atoms with Crippen LogP contribution in [0.2, 0.25) is 0 Å². The lowest BCUT2D eigenvalue weighted by Crippen LogP contribution is -2.27. The fourth-order valence-electron chi connectivity index (χ4n) is 3.61. The van der Waals surface area contributed by atoms with Crippen molar-refractivity contribution >= 4 is 0 Å². The zero-order valence-corrected chi connectivity index (χ0v) is 13.8. The van der Waals surface area contributed by atoms with Gasteiger partial charge in [-0.05, 0) is 37.3 Å².